The average Bonchev–Trinajstić information content (AvgIpc) is 2.54. The first-order valence-corrected chi connectivity index (χ1v) is 8.97. The SMILES string of the molecule is CN(C)C[C@H](NS(=O)(=O)c1ccc(C(F)(F)F)cc1)c1ccccc1. The molecule has 0 spiro atoms. The van der Waals surface area contributed by atoms with Gasteiger partial charge in [-0.1, -0.05) is 30.3 Å². The molecule has 1 atom stereocenters. The van der Waals surface area contributed by atoms with Crippen LogP contribution in [0.25, 0.3) is 0 Å². The summed E-state index contributed by atoms with van der Waals surface area (Å²) >= 11 is 0. The molecule has 2 rings (SSSR count). The van der Waals surface area contributed by atoms with Gasteiger partial charge in [-0.2, -0.15) is 13.2 Å². The standard InChI is InChI=1S/C17H19F3N2O2S/c1-22(2)12-16(13-6-4-3-5-7-13)21-25(23,24)15-10-8-14(9-11-15)17(18,19)20/h3-11,16,21H,12H2,1-2H3/t16-/m0/s1. The summed E-state index contributed by atoms with van der Waals surface area (Å²) in [6.07, 6.45) is -4.51. The van der Waals surface area contributed by atoms with Crippen LogP contribution < -0.4 is 4.72 Å². The van der Waals surface area contributed by atoms with E-state index < -0.39 is 27.8 Å². The number of rotatable bonds is 6. The molecule has 0 aromatic heterocycles. The van der Waals surface area contributed by atoms with Crippen molar-refractivity contribution in [1.82, 2.24) is 9.62 Å². The van der Waals surface area contributed by atoms with Crippen molar-refractivity contribution in [1.29, 1.82) is 0 Å². The molecule has 0 saturated carbocycles. The van der Waals surface area contributed by atoms with Crippen molar-refractivity contribution >= 4 is 10.0 Å². The summed E-state index contributed by atoms with van der Waals surface area (Å²) in [5, 5.41) is 0. The van der Waals surface area contributed by atoms with Gasteiger partial charge >= 0.3 is 6.18 Å². The Labute approximate surface area is 145 Å². The van der Waals surface area contributed by atoms with Crippen molar-refractivity contribution in [3.8, 4) is 0 Å². The quantitative estimate of drug-likeness (QED) is 0.847. The number of alkyl halides is 3. The van der Waals surface area contributed by atoms with E-state index in [4.69, 9.17) is 0 Å². The fraction of sp³-hybridized carbons (Fsp3) is 0.294. The largest absolute Gasteiger partial charge is 0.416 e. The number of hydrogen-bond acceptors (Lipinski definition) is 3. The van der Waals surface area contributed by atoms with Crippen LogP contribution in [0.1, 0.15) is 17.2 Å². The zero-order chi connectivity index (χ0) is 18.7. The van der Waals surface area contributed by atoms with Crippen LogP contribution in [0.15, 0.2) is 59.5 Å². The first-order chi connectivity index (χ1) is 11.6. The van der Waals surface area contributed by atoms with Crippen LogP contribution in [-0.2, 0) is 16.2 Å². The number of sulfonamides is 1. The summed E-state index contributed by atoms with van der Waals surface area (Å²) < 4.78 is 65.5. The van der Waals surface area contributed by atoms with E-state index in [1.165, 1.54) is 0 Å². The summed E-state index contributed by atoms with van der Waals surface area (Å²) in [6.45, 7) is 0.407. The number of likely N-dealkylation sites (N-methyl/N-ethyl adjacent to an activating group) is 1. The number of nitrogens with zero attached hydrogens (tertiary/aromatic N) is 1. The third kappa shape index (κ3) is 5.29. The number of benzene rings is 2. The maximum atomic E-state index is 12.6. The molecule has 25 heavy (non-hydrogen) atoms. The van der Waals surface area contributed by atoms with Gasteiger partial charge in [0.15, 0.2) is 0 Å². The van der Waals surface area contributed by atoms with E-state index in [0.29, 0.717) is 6.54 Å². The first-order valence-electron chi connectivity index (χ1n) is 7.49. The van der Waals surface area contributed by atoms with Crippen LogP contribution in [0.4, 0.5) is 13.2 Å². The predicted octanol–water partition coefficient (Wildman–Crippen LogP) is 3.29. The van der Waals surface area contributed by atoms with Gasteiger partial charge in [0.2, 0.25) is 10.0 Å². The lowest BCUT2D eigenvalue weighted by Crippen LogP contribution is -2.35. The summed E-state index contributed by atoms with van der Waals surface area (Å²) in [7, 11) is -0.344. The highest BCUT2D eigenvalue weighted by molar-refractivity contribution is 7.89. The molecular weight excluding hydrogens is 353 g/mol. The highest BCUT2D eigenvalue weighted by Crippen LogP contribution is 2.30. The molecule has 1 N–H and O–H groups in total. The van der Waals surface area contributed by atoms with Crippen LogP contribution in [0, 0.1) is 0 Å². The minimum Gasteiger partial charge on any atom is -0.307 e. The van der Waals surface area contributed by atoms with E-state index in [-0.39, 0.29) is 4.90 Å². The summed E-state index contributed by atoms with van der Waals surface area (Å²) in [4.78, 5) is 1.62. The van der Waals surface area contributed by atoms with Crippen LogP contribution in [-0.4, -0.2) is 34.0 Å². The van der Waals surface area contributed by atoms with Gasteiger partial charge in [0.25, 0.3) is 0 Å². The first kappa shape index (κ1) is 19.4. The van der Waals surface area contributed by atoms with Crippen molar-refractivity contribution in [2.75, 3.05) is 20.6 Å². The fourth-order valence-corrected chi connectivity index (χ4v) is 3.56. The second-order valence-corrected chi connectivity index (χ2v) is 7.58. The fourth-order valence-electron chi connectivity index (χ4n) is 2.34. The molecule has 0 bridgehead atoms. The molecule has 2 aromatic carbocycles. The molecule has 0 radical (unpaired) electrons. The molecule has 0 unspecified atom stereocenters. The van der Waals surface area contributed by atoms with E-state index in [2.05, 4.69) is 4.72 Å². The van der Waals surface area contributed by atoms with Gasteiger partial charge in [0.1, 0.15) is 0 Å². The normalized spacial score (nSPS) is 13.8. The van der Waals surface area contributed by atoms with Gasteiger partial charge in [-0.05, 0) is 43.9 Å². The Morgan fingerprint density at radius 2 is 1.56 bits per heavy atom. The van der Waals surface area contributed by atoms with Gasteiger partial charge < -0.3 is 4.90 Å². The molecule has 0 saturated heterocycles. The van der Waals surface area contributed by atoms with Crippen molar-refractivity contribution < 1.29 is 21.6 Å². The molecule has 8 heteroatoms. The molecule has 2 aromatic rings. The number of nitrogens with one attached hydrogen (secondary N) is 1. The molecule has 4 nitrogen and oxygen atoms in total. The number of hydrogen-bond donors (Lipinski definition) is 1. The molecule has 0 aliphatic carbocycles. The van der Waals surface area contributed by atoms with Crippen molar-refractivity contribution in [2.45, 2.75) is 17.1 Å². The Morgan fingerprint density at radius 3 is 2.04 bits per heavy atom. The second-order valence-electron chi connectivity index (χ2n) is 5.87. The molecule has 0 aliphatic rings. The smallest absolute Gasteiger partial charge is 0.307 e. The second kappa shape index (κ2) is 7.55. The Morgan fingerprint density at radius 1 is 1.00 bits per heavy atom. The Bertz CT molecular complexity index is 789. The van der Waals surface area contributed by atoms with Gasteiger partial charge in [0, 0.05) is 6.54 Å². The van der Waals surface area contributed by atoms with Crippen molar-refractivity contribution in [3.05, 3.63) is 65.7 Å². The third-order valence-corrected chi connectivity index (χ3v) is 5.03. The number of halogens is 3. The van der Waals surface area contributed by atoms with E-state index in [1.807, 2.05) is 25.1 Å². The predicted molar refractivity (Wildman–Crippen MR) is 89.5 cm³/mol. The zero-order valence-electron chi connectivity index (χ0n) is 13.8. The minimum atomic E-state index is -4.51. The van der Waals surface area contributed by atoms with E-state index in [1.54, 1.807) is 24.3 Å². The summed E-state index contributed by atoms with van der Waals surface area (Å²) in [6, 6.07) is 11.9. The van der Waals surface area contributed by atoms with Gasteiger partial charge in [-0.25, -0.2) is 13.1 Å². The van der Waals surface area contributed by atoms with Crippen LogP contribution in [0.3, 0.4) is 0 Å². The third-order valence-electron chi connectivity index (χ3n) is 3.54. The highest BCUT2D eigenvalue weighted by atomic mass is 32.2. The Kier molecular flexibility index (Phi) is 5.87. The lowest BCUT2D eigenvalue weighted by atomic mass is 10.1. The Hall–Kier alpha value is -1.90. The maximum absolute atomic E-state index is 12.6. The van der Waals surface area contributed by atoms with Crippen LogP contribution in [0.5, 0.6) is 0 Å². The minimum absolute atomic E-state index is 0.208. The van der Waals surface area contributed by atoms with Gasteiger partial charge in [0.05, 0.1) is 16.5 Å². The molecular formula is C17H19F3N2O2S. The van der Waals surface area contributed by atoms with Crippen molar-refractivity contribution in [2.24, 2.45) is 0 Å². The molecule has 0 aliphatic heterocycles. The van der Waals surface area contributed by atoms with Gasteiger partial charge in [-0.3, -0.25) is 0 Å². The highest BCUT2D eigenvalue weighted by Gasteiger charge is 2.31. The Balaban J connectivity index is 2.28. The van der Waals surface area contributed by atoms with Crippen LogP contribution in [0.2, 0.25) is 0 Å². The average molecular weight is 372 g/mol. The molecule has 0 amide bonds. The molecule has 0 heterocycles. The summed E-state index contributed by atoms with van der Waals surface area (Å²) in [5.41, 5.74) is -0.119. The molecule has 136 valence electrons. The topological polar surface area (TPSA) is 49.4 Å². The van der Waals surface area contributed by atoms with E-state index >= 15 is 0 Å². The summed E-state index contributed by atoms with van der Waals surface area (Å²) in [5.74, 6) is 0. The van der Waals surface area contributed by atoms with Crippen LogP contribution >= 0.6 is 0 Å². The maximum Gasteiger partial charge on any atom is 0.416 e. The monoisotopic (exact) mass is 372 g/mol. The lowest BCUT2D eigenvalue weighted by molar-refractivity contribution is -0.137. The molecule has 0 fully saturated rings. The lowest BCUT2D eigenvalue weighted by Gasteiger charge is -2.23. The van der Waals surface area contributed by atoms with E-state index in [0.717, 1.165) is 29.8 Å². The van der Waals surface area contributed by atoms with Crippen molar-refractivity contribution in [3.63, 3.8) is 0 Å². The van der Waals surface area contributed by atoms with Gasteiger partial charge in [-0.15, -0.1) is 0 Å². The van der Waals surface area contributed by atoms with E-state index in [9.17, 15) is 21.6 Å². The zero-order valence-corrected chi connectivity index (χ0v) is 14.6.